The minimum Gasteiger partial charge on any atom is -0.355 e. The van der Waals surface area contributed by atoms with Gasteiger partial charge in [-0.05, 0) is 19.3 Å². The van der Waals surface area contributed by atoms with Crippen LogP contribution in [0, 0.1) is 0 Å². The number of fused-ring (bicyclic) bond motifs is 1. The second kappa shape index (κ2) is 4.05. The molecule has 90 valence electrons. The lowest BCUT2D eigenvalue weighted by Crippen LogP contribution is -2.78. The minimum absolute atomic E-state index is 0.0134. The van der Waals surface area contributed by atoms with Gasteiger partial charge in [-0.25, -0.2) is 0 Å². The third-order valence-electron chi connectivity index (χ3n) is 3.80. The van der Waals surface area contributed by atoms with Gasteiger partial charge in [-0.2, -0.15) is 0 Å². The summed E-state index contributed by atoms with van der Waals surface area (Å²) in [5.74, 6) is -0.0134. The SMILES string of the molecule is CCC1(CC)OCC[C@@H]2[C@@H](NC=O)C(=O)N21. The van der Waals surface area contributed by atoms with Crippen LogP contribution in [0.15, 0.2) is 0 Å². The molecule has 0 aromatic carbocycles. The smallest absolute Gasteiger partial charge is 0.249 e. The van der Waals surface area contributed by atoms with Crippen LogP contribution < -0.4 is 5.32 Å². The van der Waals surface area contributed by atoms with E-state index in [0.29, 0.717) is 13.0 Å². The van der Waals surface area contributed by atoms with Crippen molar-refractivity contribution >= 4 is 12.3 Å². The Labute approximate surface area is 95.1 Å². The molecule has 5 nitrogen and oxygen atoms in total. The topological polar surface area (TPSA) is 58.6 Å². The maximum atomic E-state index is 11.9. The summed E-state index contributed by atoms with van der Waals surface area (Å²) in [5.41, 5.74) is -0.443. The van der Waals surface area contributed by atoms with E-state index in [1.54, 1.807) is 0 Å². The summed E-state index contributed by atoms with van der Waals surface area (Å²) in [6.45, 7) is 4.71. The normalized spacial score (nSPS) is 31.6. The average Bonchev–Trinajstić information content (AvgIpc) is 2.34. The van der Waals surface area contributed by atoms with Crippen LogP contribution in [0.4, 0.5) is 0 Å². The van der Waals surface area contributed by atoms with Crippen molar-refractivity contribution in [3.63, 3.8) is 0 Å². The van der Waals surface area contributed by atoms with Gasteiger partial charge in [0.2, 0.25) is 12.3 Å². The lowest BCUT2D eigenvalue weighted by Gasteiger charge is -2.59. The Balaban J connectivity index is 2.18. The Morgan fingerprint density at radius 3 is 2.81 bits per heavy atom. The first-order valence-corrected chi connectivity index (χ1v) is 5.87. The number of amides is 2. The van der Waals surface area contributed by atoms with Crippen molar-refractivity contribution in [2.75, 3.05) is 6.61 Å². The fraction of sp³-hybridized carbons (Fsp3) is 0.818. The van der Waals surface area contributed by atoms with E-state index in [1.165, 1.54) is 0 Å². The molecule has 1 N–H and O–H groups in total. The molecule has 2 saturated heterocycles. The molecule has 0 radical (unpaired) electrons. The van der Waals surface area contributed by atoms with Crippen molar-refractivity contribution in [2.24, 2.45) is 0 Å². The van der Waals surface area contributed by atoms with Gasteiger partial charge in [0, 0.05) is 0 Å². The molecule has 0 aromatic rings. The molecule has 0 aliphatic carbocycles. The third kappa shape index (κ3) is 1.34. The van der Waals surface area contributed by atoms with Gasteiger partial charge in [0.15, 0.2) is 0 Å². The highest BCUT2D eigenvalue weighted by Gasteiger charge is 2.57. The fourth-order valence-corrected chi connectivity index (χ4v) is 2.83. The number of carbonyl (C=O) groups excluding carboxylic acids is 2. The van der Waals surface area contributed by atoms with Gasteiger partial charge in [-0.1, -0.05) is 13.8 Å². The molecule has 5 heteroatoms. The fourth-order valence-electron chi connectivity index (χ4n) is 2.83. The molecule has 0 saturated carbocycles. The summed E-state index contributed by atoms with van der Waals surface area (Å²) in [6.07, 6.45) is 2.99. The van der Waals surface area contributed by atoms with E-state index < -0.39 is 5.72 Å². The first-order valence-electron chi connectivity index (χ1n) is 5.87. The summed E-state index contributed by atoms with van der Waals surface area (Å²) in [7, 11) is 0. The Bertz CT molecular complexity index is 302. The zero-order chi connectivity index (χ0) is 11.8. The van der Waals surface area contributed by atoms with Gasteiger partial charge in [0.05, 0.1) is 12.6 Å². The predicted molar refractivity (Wildman–Crippen MR) is 57.5 cm³/mol. The summed E-state index contributed by atoms with van der Waals surface area (Å²) in [6, 6.07) is -0.217. The second-order valence-electron chi connectivity index (χ2n) is 4.33. The molecule has 0 bridgehead atoms. The number of carbonyl (C=O) groups is 2. The first-order chi connectivity index (χ1) is 7.70. The van der Waals surface area contributed by atoms with Gasteiger partial charge >= 0.3 is 0 Å². The van der Waals surface area contributed by atoms with Crippen molar-refractivity contribution < 1.29 is 14.3 Å². The lowest BCUT2D eigenvalue weighted by molar-refractivity contribution is -0.241. The molecule has 2 heterocycles. The number of ether oxygens (including phenoxy) is 1. The molecule has 16 heavy (non-hydrogen) atoms. The first kappa shape index (κ1) is 11.4. The molecule has 0 unspecified atom stereocenters. The summed E-state index contributed by atoms with van der Waals surface area (Å²) in [4.78, 5) is 24.2. The van der Waals surface area contributed by atoms with Crippen molar-refractivity contribution in [3.8, 4) is 0 Å². The van der Waals surface area contributed by atoms with Crippen molar-refractivity contribution in [1.29, 1.82) is 0 Å². The van der Waals surface area contributed by atoms with E-state index in [-0.39, 0.29) is 18.0 Å². The quantitative estimate of drug-likeness (QED) is 0.552. The molecule has 2 rings (SSSR count). The highest BCUT2D eigenvalue weighted by molar-refractivity contribution is 5.91. The highest BCUT2D eigenvalue weighted by Crippen LogP contribution is 2.40. The van der Waals surface area contributed by atoms with Gasteiger partial charge in [0.1, 0.15) is 11.8 Å². The largest absolute Gasteiger partial charge is 0.355 e. The number of nitrogens with one attached hydrogen (secondary N) is 1. The van der Waals surface area contributed by atoms with E-state index in [2.05, 4.69) is 5.32 Å². The Kier molecular flexibility index (Phi) is 2.88. The predicted octanol–water partition coefficient (Wildman–Crippen LogP) is 0.248. The van der Waals surface area contributed by atoms with Crippen molar-refractivity contribution in [1.82, 2.24) is 10.2 Å². The van der Waals surface area contributed by atoms with E-state index in [1.807, 2.05) is 18.7 Å². The standard InChI is InChI=1S/C11H18N2O3/c1-3-11(4-2)13-8(5-6-16-11)9(10(13)15)12-7-14/h7-9H,3-6H2,1-2H3,(H,12,14)/t8-,9-/m1/s1. The van der Waals surface area contributed by atoms with Gasteiger partial charge < -0.3 is 15.0 Å². The molecule has 0 aromatic heterocycles. The average molecular weight is 226 g/mol. The third-order valence-corrected chi connectivity index (χ3v) is 3.80. The maximum absolute atomic E-state index is 11.9. The maximum Gasteiger partial charge on any atom is 0.249 e. The Morgan fingerprint density at radius 1 is 1.56 bits per heavy atom. The Morgan fingerprint density at radius 2 is 2.25 bits per heavy atom. The van der Waals surface area contributed by atoms with Gasteiger partial charge in [0.25, 0.3) is 0 Å². The van der Waals surface area contributed by atoms with E-state index in [0.717, 1.165) is 19.3 Å². The summed E-state index contributed by atoms with van der Waals surface area (Å²) >= 11 is 0. The zero-order valence-corrected chi connectivity index (χ0v) is 9.73. The van der Waals surface area contributed by atoms with E-state index >= 15 is 0 Å². The monoisotopic (exact) mass is 226 g/mol. The molecule has 2 aliphatic heterocycles. The highest BCUT2D eigenvalue weighted by atomic mass is 16.5. The lowest BCUT2D eigenvalue weighted by atomic mass is 9.85. The van der Waals surface area contributed by atoms with Crippen LogP contribution in [0.2, 0.25) is 0 Å². The number of hydrogen-bond donors (Lipinski definition) is 1. The molecular formula is C11H18N2O3. The zero-order valence-electron chi connectivity index (χ0n) is 9.73. The van der Waals surface area contributed by atoms with Crippen LogP contribution in [-0.2, 0) is 14.3 Å². The second-order valence-corrected chi connectivity index (χ2v) is 4.33. The van der Waals surface area contributed by atoms with Crippen LogP contribution in [-0.4, -0.2) is 41.6 Å². The van der Waals surface area contributed by atoms with Crippen LogP contribution in [0.25, 0.3) is 0 Å². The molecule has 2 amide bonds. The number of nitrogens with zero attached hydrogens (tertiary/aromatic N) is 1. The van der Waals surface area contributed by atoms with Crippen molar-refractivity contribution in [3.05, 3.63) is 0 Å². The summed E-state index contributed by atoms with van der Waals surface area (Å²) in [5, 5.41) is 2.59. The minimum atomic E-state index is -0.443. The van der Waals surface area contributed by atoms with Crippen LogP contribution >= 0.6 is 0 Å². The van der Waals surface area contributed by atoms with Gasteiger partial charge in [-0.15, -0.1) is 0 Å². The number of β-lactam (4-membered cyclic amide) rings is 1. The van der Waals surface area contributed by atoms with Crippen LogP contribution in [0.1, 0.15) is 33.1 Å². The van der Waals surface area contributed by atoms with Crippen molar-refractivity contribution in [2.45, 2.75) is 50.9 Å². The molecular weight excluding hydrogens is 208 g/mol. The number of rotatable bonds is 4. The van der Waals surface area contributed by atoms with E-state index in [4.69, 9.17) is 4.74 Å². The van der Waals surface area contributed by atoms with Gasteiger partial charge in [-0.3, -0.25) is 9.59 Å². The molecule has 2 fully saturated rings. The molecule has 2 atom stereocenters. The molecule has 0 spiro atoms. The van der Waals surface area contributed by atoms with Crippen LogP contribution in [0.3, 0.4) is 0 Å². The number of hydrogen-bond acceptors (Lipinski definition) is 3. The molecule has 2 aliphatic rings. The van der Waals surface area contributed by atoms with E-state index in [9.17, 15) is 9.59 Å². The van der Waals surface area contributed by atoms with Crippen LogP contribution in [0.5, 0.6) is 0 Å². The Hall–Kier alpha value is -1.10. The summed E-state index contributed by atoms with van der Waals surface area (Å²) < 4.78 is 5.78.